The minimum atomic E-state index is -0.284. The van der Waals surface area contributed by atoms with Gasteiger partial charge < -0.3 is 9.64 Å². The summed E-state index contributed by atoms with van der Waals surface area (Å²) in [6, 6.07) is 8.10. The Morgan fingerprint density at radius 2 is 2.24 bits per heavy atom. The third kappa shape index (κ3) is 4.00. The SMILES string of the molecule is CN(C(=O)Cn1cnc(C#N)n1)C1CCOC(c2ccc(F)cc2)C1. The van der Waals surface area contributed by atoms with Crippen LogP contribution < -0.4 is 0 Å². The van der Waals surface area contributed by atoms with Crippen molar-refractivity contribution in [2.45, 2.75) is 31.5 Å². The minimum Gasteiger partial charge on any atom is -0.373 e. The van der Waals surface area contributed by atoms with Crippen LogP contribution in [0.4, 0.5) is 4.39 Å². The van der Waals surface area contributed by atoms with Gasteiger partial charge in [-0.25, -0.2) is 14.1 Å². The number of ether oxygens (including phenoxy) is 1. The van der Waals surface area contributed by atoms with Gasteiger partial charge in [0.2, 0.25) is 5.91 Å². The third-order valence-corrected chi connectivity index (χ3v) is 4.37. The van der Waals surface area contributed by atoms with E-state index in [9.17, 15) is 9.18 Å². The fourth-order valence-electron chi connectivity index (χ4n) is 2.92. The molecule has 1 aromatic carbocycles. The van der Waals surface area contributed by atoms with Crippen molar-refractivity contribution >= 4 is 5.91 Å². The van der Waals surface area contributed by atoms with Gasteiger partial charge in [0, 0.05) is 19.7 Å². The highest BCUT2D eigenvalue weighted by Gasteiger charge is 2.29. The second kappa shape index (κ2) is 7.40. The molecule has 0 aliphatic carbocycles. The van der Waals surface area contributed by atoms with E-state index in [2.05, 4.69) is 10.1 Å². The van der Waals surface area contributed by atoms with Crippen LogP contribution in [0.5, 0.6) is 0 Å². The summed E-state index contributed by atoms with van der Waals surface area (Å²) in [5, 5.41) is 12.6. The van der Waals surface area contributed by atoms with Crippen LogP contribution in [-0.4, -0.2) is 45.3 Å². The van der Waals surface area contributed by atoms with E-state index in [1.165, 1.54) is 23.1 Å². The van der Waals surface area contributed by atoms with Gasteiger partial charge in [0.25, 0.3) is 5.82 Å². The molecule has 1 fully saturated rings. The summed E-state index contributed by atoms with van der Waals surface area (Å²) in [5.74, 6) is -0.356. The average molecular weight is 343 g/mol. The number of halogens is 1. The topological polar surface area (TPSA) is 84.0 Å². The van der Waals surface area contributed by atoms with Crippen LogP contribution in [0.2, 0.25) is 0 Å². The van der Waals surface area contributed by atoms with E-state index in [1.54, 1.807) is 24.1 Å². The average Bonchev–Trinajstić information content (AvgIpc) is 3.09. The maximum atomic E-state index is 13.1. The monoisotopic (exact) mass is 343 g/mol. The third-order valence-electron chi connectivity index (χ3n) is 4.37. The van der Waals surface area contributed by atoms with Crippen LogP contribution in [-0.2, 0) is 16.1 Å². The van der Waals surface area contributed by atoms with Gasteiger partial charge in [-0.15, -0.1) is 5.10 Å². The summed E-state index contributed by atoms with van der Waals surface area (Å²) < 4.78 is 20.2. The van der Waals surface area contributed by atoms with Gasteiger partial charge in [-0.05, 0) is 30.5 Å². The van der Waals surface area contributed by atoms with Gasteiger partial charge in [0.1, 0.15) is 24.8 Å². The van der Waals surface area contributed by atoms with Crippen LogP contribution in [0.1, 0.15) is 30.3 Å². The summed E-state index contributed by atoms with van der Waals surface area (Å²) in [6.07, 6.45) is 2.59. The molecule has 0 radical (unpaired) electrons. The van der Waals surface area contributed by atoms with Crippen LogP contribution in [0, 0.1) is 17.1 Å². The van der Waals surface area contributed by atoms with Gasteiger partial charge in [-0.1, -0.05) is 12.1 Å². The van der Waals surface area contributed by atoms with Crippen molar-refractivity contribution in [2.24, 2.45) is 0 Å². The maximum absolute atomic E-state index is 13.1. The second-order valence-electron chi connectivity index (χ2n) is 5.97. The smallest absolute Gasteiger partial charge is 0.252 e. The van der Waals surface area contributed by atoms with Crippen molar-refractivity contribution in [3.63, 3.8) is 0 Å². The molecule has 130 valence electrons. The number of carbonyl (C=O) groups excluding carboxylic acids is 1. The molecular weight excluding hydrogens is 325 g/mol. The molecule has 0 spiro atoms. The first-order valence-corrected chi connectivity index (χ1v) is 7.99. The Morgan fingerprint density at radius 1 is 1.48 bits per heavy atom. The molecule has 1 amide bonds. The molecule has 1 aliphatic heterocycles. The molecule has 2 heterocycles. The van der Waals surface area contributed by atoms with Crippen molar-refractivity contribution < 1.29 is 13.9 Å². The number of hydrogen-bond donors (Lipinski definition) is 0. The van der Waals surface area contributed by atoms with Crippen molar-refractivity contribution in [1.29, 1.82) is 5.26 Å². The van der Waals surface area contributed by atoms with E-state index in [1.807, 2.05) is 6.07 Å². The summed E-state index contributed by atoms with van der Waals surface area (Å²) in [7, 11) is 1.75. The van der Waals surface area contributed by atoms with Crippen molar-refractivity contribution in [1.82, 2.24) is 19.7 Å². The van der Waals surface area contributed by atoms with E-state index in [0.29, 0.717) is 13.0 Å². The van der Waals surface area contributed by atoms with Gasteiger partial charge in [-0.2, -0.15) is 5.26 Å². The molecule has 2 aromatic rings. The van der Waals surface area contributed by atoms with Crippen molar-refractivity contribution in [3.05, 3.63) is 47.8 Å². The van der Waals surface area contributed by atoms with Gasteiger partial charge in [-0.3, -0.25) is 4.79 Å². The molecule has 3 rings (SSSR count). The van der Waals surface area contributed by atoms with E-state index in [-0.39, 0.29) is 36.2 Å². The van der Waals surface area contributed by atoms with Crippen molar-refractivity contribution in [3.8, 4) is 6.07 Å². The number of rotatable bonds is 4. The Labute approximate surface area is 144 Å². The lowest BCUT2D eigenvalue weighted by molar-refractivity contribution is -0.135. The summed E-state index contributed by atoms with van der Waals surface area (Å²) >= 11 is 0. The molecule has 1 aromatic heterocycles. The standard InChI is InChI=1S/C17H18FN5O2/c1-22(17(24)10-23-11-20-16(9-19)21-23)14-6-7-25-15(8-14)12-2-4-13(18)5-3-12/h2-5,11,14-15H,6-8,10H2,1H3. The molecule has 2 unspecified atom stereocenters. The molecule has 25 heavy (non-hydrogen) atoms. The predicted octanol–water partition coefficient (Wildman–Crippen LogP) is 1.67. The number of benzene rings is 1. The Morgan fingerprint density at radius 3 is 2.92 bits per heavy atom. The zero-order chi connectivity index (χ0) is 17.8. The highest BCUT2D eigenvalue weighted by molar-refractivity contribution is 5.75. The van der Waals surface area contributed by atoms with Crippen LogP contribution in [0.25, 0.3) is 0 Å². The molecule has 2 atom stereocenters. The normalized spacial score (nSPS) is 20.0. The number of likely N-dealkylation sites (N-methyl/N-ethyl adjacent to an activating group) is 1. The second-order valence-corrected chi connectivity index (χ2v) is 5.97. The molecule has 0 bridgehead atoms. The number of carbonyl (C=O) groups is 1. The largest absolute Gasteiger partial charge is 0.373 e. The lowest BCUT2D eigenvalue weighted by Gasteiger charge is -2.35. The van der Waals surface area contributed by atoms with Crippen LogP contribution in [0.15, 0.2) is 30.6 Å². The predicted molar refractivity (Wildman–Crippen MR) is 85.6 cm³/mol. The van der Waals surface area contributed by atoms with Gasteiger partial charge >= 0.3 is 0 Å². The molecule has 1 saturated heterocycles. The van der Waals surface area contributed by atoms with E-state index in [0.717, 1.165) is 12.0 Å². The number of nitriles is 1. The zero-order valence-electron chi connectivity index (χ0n) is 13.8. The summed E-state index contributed by atoms with van der Waals surface area (Å²) in [6.45, 7) is 0.565. The molecule has 7 nitrogen and oxygen atoms in total. The van der Waals surface area contributed by atoms with E-state index in [4.69, 9.17) is 10.00 Å². The Hall–Kier alpha value is -2.79. The van der Waals surface area contributed by atoms with Crippen LogP contribution >= 0.6 is 0 Å². The van der Waals surface area contributed by atoms with Gasteiger partial charge in [0.15, 0.2) is 0 Å². The first kappa shape index (κ1) is 17.0. The number of nitrogens with zero attached hydrogens (tertiary/aromatic N) is 5. The molecule has 0 saturated carbocycles. The van der Waals surface area contributed by atoms with Crippen molar-refractivity contribution in [2.75, 3.05) is 13.7 Å². The summed E-state index contributed by atoms with van der Waals surface area (Å²) in [4.78, 5) is 17.9. The highest BCUT2D eigenvalue weighted by Crippen LogP contribution is 2.30. The Balaban J connectivity index is 1.62. The first-order chi connectivity index (χ1) is 12.1. The molecule has 1 aliphatic rings. The minimum absolute atomic E-state index is 0.0234. The molecule has 0 N–H and O–H groups in total. The Kier molecular flexibility index (Phi) is 5.05. The van der Waals surface area contributed by atoms with E-state index >= 15 is 0 Å². The number of aromatic nitrogens is 3. The molecule has 8 heteroatoms. The zero-order valence-corrected chi connectivity index (χ0v) is 13.8. The number of amides is 1. The maximum Gasteiger partial charge on any atom is 0.252 e. The summed E-state index contributed by atoms with van der Waals surface area (Å²) in [5.41, 5.74) is 0.905. The fraction of sp³-hybridized carbons (Fsp3) is 0.412. The quantitative estimate of drug-likeness (QED) is 0.843. The van der Waals surface area contributed by atoms with Crippen LogP contribution in [0.3, 0.4) is 0 Å². The lowest BCUT2D eigenvalue weighted by Crippen LogP contribution is -2.42. The number of hydrogen-bond acceptors (Lipinski definition) is 5. The first-order valence-electron chi connectivity index (χ1n) is 7.99. The highest BCUT2D eigenvalue weighted by atomic mass is 19.1. The fourth-order valence-corrected chi connectivity index (χ4v) is 2.92. The lowest BCUT2D eigenvalue weighted by atomic mass is 9.96. The van der Waals surface area contributed by atoms with E-state index < -0.39 is 0 Å². The van der Waals surface area contributed by atoms with Gasteiger partial charge in [0.05, 0.1) is 6.10 Å². The Bertz CT molecular complexity index is 783. The molecular formula is C17H18FN5O2.